The van der Waals surface area contributed by atoms with E-state index in [0.717, 1.165) is 18.4 Å². The first-order chi connectivity index (χ1) is 12.1. The van der Waals surface area contributed by atoms with Crippen molar-refractivity contribution in [1.29, 1.82) is 0 Å². The minimum absolute atomic E-state index is 0.0953. The van der Waals surface area contributed by atoms with Gasteiger partial charge in [-0.2, -0.15) is 0 Å². The second-order valence-electron chi connectivity index (χ2n) is 7.79. The number of amides is 1. The van der Waals surface area contributed by atoms with Crippen LogP contribution in [0.15, 0.2) is 59.5 Å². The van der Waals surface area contributed by atoms with Gasteiger partial charge in [0.1, 0.15) is 0 Å². The molecule has 2 aromatic carbocycles. The van der Waals surface area contributed by atoms with Crippen LogP contribution in [-0.4, -0.2) is 19.9 Å². The molecule has 0 spiro atoms. The van der Waals surface area contributed by atoms with E-state index in [-0.39, 0.29) is 10.8 Å². The Morgan fingerprint density at radius 3 is 2.23 bits per heavy atom. The van der Waals surface area contributed by atoms with Crippen LogP contribution in [0.3, 0.4) is 0 Å². The smallest absolute Gasteiger partial charge is 0.241 e. The number of carbonyl (C=O) groups excluding carboxylic acids is 1. The molecule has 0 radical (unpaired) electrons. The second-order valence-corrected chi connectivity index (χ2v) is 9.47. The van der Waals surface area contributed by atoms with Crippen LogP contribution >= 0.6 is 0 Å². The van der Waals surface area contributed by atoms with Crippen molar-refractivity contribution in [2.45, 2.75) is 49.5 Å². The van der Waals surface area contributed by atoms with Crippen molar-refractivity contribution in [3.63, 3.8) is 0 Å². The van der Waals surface area contributed by atoms with Gasteiger partial charge in [0.25, 0.3) is 0 Å². The summed E-state index contributed by atoms with van der Waals surface area (Å²) < 4.78 is 27.6. The van der Waals surface area contributed by atoms with E-state index in [2.05, 4.69) is 10.0 Å². The molecule has 0 atom stereocenters. The van der Waals surface area contributed by atoms with Crippen LogP contribution in [0.5, 0.6) is 0 Å². The van der Waals surface area contributed by atoms with Gasteiger partial charge in [-0.25, -0.2) is 13.1 Å². The quantitative estimate of drug-likeness (QED) is 0.844. The molecule has 1 fully saturated rings. The van der Waals surface area contributed by atoms with Crippen molar-refractivity contribution < 1.29 is 13.2 Å². The summed E-state index contributed by atoms with van der Waals surface area (Å²) >= 11 is 0. The van der Waals surface area contributed by atoms with Crippen molar-refractivity contribution in [3.05, 3.63) is 60.2 Å². The average Bonchev–Trinajstić information content (AvgIpc) is 3.36. The molecule has 0 bridgehead atoms. The number of anilines is 1. The third-order valence-corrected chi connectivity index (χ3v) is 6.11. The van der Waals surface area contributed by atoms with E-state index in [1.807, 2.05) is 30.3 Å². The Morgan fingerprint density at radius 1 is 1.00 bits per heavy atom. The van der Waals surface area contributed by atoms with Crippen LogP contribution in [0.2, 0.25) is 0 Å². The standard InChI is InChI=1S/C20H24N2O3S/c1-19(2,3)22-26(24,25)17-11-7-10-16(14-17)21-18(23)20(12-13-20)15-8-5-4-6-9-15/h4-11,14,22H,12-13H2,1-3H3,(H,21,23). The van der Waals surface area contributed by atoms with E-state index in [4.69, 9.17) is 0 Å². The van der Waals surface area contributed by atoms with E-state index < -0.39 is 21.0 Å². The van der Waals surface area contributed by atoms with E-state index in [1.54, 1.807) is 32.9 Å². The molecule has 1 saturated carbocycles. The van der Waals surface area contributed by atoms with E-state index in [1.165, 1.54) is 12.1 Å². The first-order valence-electron chi connectivity index (χ1n) is 8.63. The normalized spacial score (nSPS) is 16.1. The van der Waals surface area contributed by atoms with Crippen molar-refractivity contribution in [1.82, 2.24) is 4.72 Å². The summed E-state index contributed by atoms with van der Waals surface area (Å²) in [6.45, 7) is 5.35. The van der Waals surface area contributed by atoms with Crippen molar-refractivity contribution >= 4 is 21.6 Å². The zero-order chi connectivity index (χ0) is 19.0. The maximum atomic E-state index is 12.8. The van der Waals surface area contributed by atoms with Gasteiger partial charge in [0, 0.05) is 11.2 Å². The highest BCUT2D eigenvalue weighted by atomic mass is 32.2. The molecule has 3 rings (SSSR count). The molecule has 5 nitrogen and oxygen atoms in total. The summed E-state index contributed by atoms with van der Waals surface area (Å²) in [6, 6.07) is 16.0. The van der Waals surface area contributed by atoms with Crippen LogP contribution in [0.25, 0.3) is 0 Å². The van der Waals surface area contributed by atoms with Gasteiger partial charge in [-0.3, -0.25) is 4.79 Å². The molecular formula is C20H24N2O3S. The van der Waals surface area contributed by atoms with Gasteiger partial charge < -0.3 is 5.32 Å². The maximum absolute atomic E-state index is 12.8. The fourth-order valence-corrected chi connectivity index (χ4v) is 4.45. The zero-order valence-corrected chi connectivity index (χ0v) is 16.1. The molecule has 2 N–H and O–H groups in total. The molecule has 1 aliphatic rings. The van der Waals surface area contributed by atoms with E-state index in [0.29, 0.717) is 5.69 Å². The number of benzene rings is 2. The van der Waals surface area contributed by atoms with Crippen LogP contribution in [0.1, 0.15) is 39.2 Å². The predicted octanol–water partition coefficient (Wildman–Crippen LogP) is 3.43. The van der Waals surface area contributed by atoms with Gasteiger partial charge in [0.05, 0.1) is 10.3 Å². The number of hydrogen-bond donors (Lipinski definition) is 2. The summed E-state index contributed by atoms with van der Waals surface area (Å²) in [5.41, 5.74) is 0.396. The highest BCUT2D eigenvalue weighted by Gasteiger charge is 2.51. The molecule has 0 unspecified atom stereocenters. The third-order valence-electron chi connectivity index (χ3n) is 4.35. The zero-order valence-electron chi connectivity index (χ0n) is 15.2. The number of carbonyl (C=O) groups is 1. The van der Waals surface area contributed by atoms with E-state index >= 15 is 0 Å². The molecule has 6 heteroatoms. The monoisotopic (exact) mass is 372 g/mol. The summed E-state index contributed by atoms with van der Waals surface area (Å²) in [6.07, 6.45) is 1.60. The number of sulfonamides is 1. The number of nitrogens with one attached hydrogen (secondary N) is 2. The summed E-state index contributed by atoms with van der Waals surface area (Å²) in [7, 11) is -3.65. The van der Waals surface area contributed by atoms with Crippen molar-refractivity contribution in [3.8, 4) is 0 Å². The number of rotatable bonds is 5. The molecule has 0 aliphatic heterocycles. The predicted molar refractivity (Wildman–Crippen MR) is 103 cm³/mol. The van der Waals surface area contributed by atoms with Crippen LogP contribution < -0.4 is 10.0 Å². The highest BCUT2D eigenvalue weighted by Crippen LogP contribution is 2.48. The Morgan fingerprint density at radius 2 is 1.65 bits per heavy atom. The summed E-state index contributed by atoms with van der Waals surface area (Å²) in [4.78, 5) is 12.9. The molecule has 1 amide bonds. The molecular weight excluding hydrogens is 348 g/mol. The van der Waals surface area contributed by atoms with Crippen molar-refractivity contribution in [2.24, 2.45) is 0 Å². The minimum atomic E-state index is -3.65. The SMILES string of the molecule is CC(C)(C)NS(=O)(=O)c1cccc(NC(=O)C2(c3ccccc3)CC2)c1. The Kier molecular flexibility index (Phi) is 4.67. The molecule has 0 aromatic heterocycles. The lowest BCUT2D eigenvalue weighted by atomic mass is 9.95. The lowest BCUT2D eigenvalue weighted by Crippen LogP contribution is -2.40. The van der Waals surface area contributed by atoms with E-state index in [9.17, 15) is 13.2 Å². The Labute approximate surface area is 154 Å². The topological polar surface area (TPSA) is 75.3 Å². The first kappa shape index (κ1) is 18.6. The fraction of sp³-hybridized carbons (Fsp3) is 0.350. The summed E-state index contributed by atoms with van der Waals surface area (Å²) in [5, 5.41) is 2.89. The third kappa shape index (κ3) is 3.97. The largest absolute Gasteiger partial charge is 0.325 e. The molecule has 2 aromatic rings. The molecule has 138 valence electrons. The van der Waals surface area contributed by atoms with Crippen LogP contribution in [0, 0.1) is 0 Å². The van der Waals surface area contributed by atoms with Crippen molar-refractivity contribution in [2.75, 3.05) is 5.32 Å². The van der Waals surface area contributed by atoms with Crippen LogP contribution in [-0.2, 0) is 20.2 Å². The van der Waals surface area contributed by atoms with Gasteiger partial charge in [0.15, 0.2) is 0 Å². The van der Waals surface area contributed by atoms with Crippen LogP contribution in [0.4, 0.5) is 5.69 Å². The first-order valence-corrected chi connectivity index (χ1v) is 10.1. The lowest BCUT2D eigenvalue weighted by Gasteiger charge is -2.21. The van der Waals surface area contributed by atoms with Gasteiger partial charge in [-0.1, -0.05) is 36.4 Å². The maximum Gasteiger partial charge on any atom is 0.241 e. The average molecular weight is 372 g/mol. The second kappa shape index (κ2) is 6.52. The fourth-order valence-electron chi connectivity index (χ4n) is 2.98. The highest BCUT2D eigenvalue weighted by molar-refractivity contribution is 7.89. The Bertz CT molecular complexity index is 912. The Hall–Kier alpha value is -2.18. The Balaban J connectivity index is 1.81. The van der Waals surface area contributed by atoms with Gasteiger partial charge in [-0.15, -0.1) is 0 Å². The van der Waals surface area contributed by atoms with Gasteiger partial charge >= 0.3 is 0 Å². The minimum Gasteiger partial charge on any atom is -0.325 e. The molecule has 26 heavy (non-hydrogen) atoms. The molecule has 1 aliphatic carbocycles. The molecule has 0 heterocycles. The summed E-state index contributed by atoms with van der Waals surface area (Å²) in [5.74, 6) is -0.0953. The van der Waals surface area contributed by atoms with Gasteiger partial charge in [0.2, 0.25) is 15.9 Å². The number of hydrogen-bond acceptors (Lipinski definition) is 3. The lowest BCUT2D eigenvalue weighted by molar-refractivity contribution is -0.118. The molecule has 0 saturated heterocycles. The van der Waals surface area contributed by atoms with Gasteiger partial charge in [-0.05, 0) is 57.4 Å².